The van der Waals surface area contributed by atoms with Gasteiger partial charge in [-0.3, -0.25) is 4.79 Å². The van der Waals surface area contributed by atoms with Gasteiger partial charge >= 0.3 is 5.97 Å². The van der Waals surface area contributed by atoms with E-state index in [2.05, 4.69) is 28.6 Å². The molecule has 0 amide bonds. The van der Waals surface area contributed by atoms with Gasteiger partial charge in [0.1, 0.15) is 5.75 Å². The zero-order chi connectivity index (χ0) is 15.1. The smallest absolute Gasteiger partial charge is 0.316 e. The van der Waals surface area contributed by atoms with E-state index in [0.29, 0.717) is 5.75 Å². The van der Waals surface area contributed by atoms with E-state index in [1.807, 2.05) is 43.4 Å². The van der Waals surface area contributed by atoms with Crippen LogP contribution in [0.1, 0.15) is 17.2 Å². The molecule has 0 unspecified atom stereocenters. The summed E-state index contributed by atoms with van der Waals surface area (Å²) < 4.78 is 6.80. The van der Waals surface area contributed by atoms with Gasteiger partial charge in [0, 0.05) is 0 Å². The zero-order valence-electron chi connectivity index (χ0n) is 12.2. The van der Waals surface area contributed by atoms with Crippen LogP contribution >= 0.6 is 11.9 Å². The van der Waals surface area contributed by atoms with Crippen molar-refractivity contribution >= 4 is 17.9 Å². The lowest BCUT2D eigenvalue weighted by Crippen LogP contribution is -2.21. The van der Waals surface area contributed by atoms with Crippen LogP contribution in [0.15, 0.2) is 60.7 Å². The molecule has 0 saturated heterocycles. The number of hydrogen-bond donors (Lipinski definition) is 0. The number of ether oxygens (including phenoxy) is 1. The monoisotopic (exact) mass is 301 g/mol. The Labute approximate surface area is 130 Å². The molecule has 0 saturated carbocycles. The summed E-state index contributed by atoms with van der Waals surface area (Å²) >= 11 is 1.47. The van der Waals surface area contributed by atoms with Crippen LogP contribution in [0.4, 0.5) is 0 Å². The van der Waals surface area contributed by atoms with Crippen molar-refractivity contribution in [3.63, 3.8) is 0 Å². The van der Waals surface area contributed by atoms with Crippen LogP contribution in [-0.4, -0.2) is 30.2 Å². The summed E-state index contributed by atoms with van der Waals surface area (Å²) in [5.74, 6) is 0.0927. The number of methoxy groups -OCH3 is 1. The zero-order valence-corrected chi connectivity index (χ0v) is 13.0. The number of benzene rings is 2. The number of hydrogen-bond acceptors (Lipinski definition) is 4. The molecule has 3 nitrogen and oxygen atoms in total. The summed E-state index contributed by atoms with van der Waals surface area (Å²) in [6.45, 7) is 0. The second kappa shape index (κ2) is 7.86. The van der Waals surface area contributed by atoms with Crippen LogP contribution in [0.5, 0.6) is 0 Å². The third kappa shape index (κ3) is 4.34. The van der Waals surface area contributed by atoms with Crippen molar-refractivity contribution in [2.24, 2.45) is 0 Å². The van der Waals surface area contributed by atoms with Gasteiger partial charge in [0.25, 0.3) is 0 Å². The van der Waals surface area contributed by atoms with Crippen LogP contribution in [0, 0.1) is 0 Å². The quantitative estimate of drug-likeness (QED) is 0.603. The van der Waals surface area contributed by atoms with Gasteiger partial charge in [0.15, 0.2) is 0 Å². The molecule has 0 spiro atoms. The Kier molecular flexibility index (Phi) is 5.84. The van der Waals surface area contributed by atoms with Crippen LogP contribution in [-0.2, 0) is 9.53 Å². The van der Waals surface area contributed by atoms with Crippen molar-refractivity contribution in [3.8, 4) is 0 Å². The number of carbonyl (C=O) groups is 1. The fourth-order valence-corrected chi connectivity index (χ4v) is 2.99. The highest BCUT2D eigenvalue weighted by Gasteiger charge is 2.20. The summed E-state index contributed by atoms with van der Waals surface area (Å²) in [4.78, 5) is 11.3. The highest BCUT2D eigenvalue weighted by Crippen LogP contribution is 2.31. The minimum absolute atomic E-state index is 0.0991. The van der Waals surface area contributed by atoms with Crippen molar-refractivity contribution in [2.45, 2.75) is 6.04 Å². The molecule has 2 aromatic rings. The molecule has 2 aromatic carbocycles. The van der Waals surface area contributed by atoms with Crippen molar-refractivity contribution < 1.29 is 9.53 Å². The molecule has 0 aliphatic rings. The van der Waals surface area contributed by atoms with Crippen LogP contribution in [0.2, 0.25) is 0 Å². The topological polar surface area (TPSA) is 29.5 Å². The van der Waals surface area contributed by atoms with Gasteiger partial charge < -0.3 is 4.74 Å². The maximum Gasteiger partial charge on any atom is 0.316 e. The van der Waals surface area contributed by atoms with Crippen LogP contribution in [0.25, 0.3) is 0 Å². The average Bonchev–Trinajstić information content (AvgIpc) is 2.55. The number of nitrogens with zero attached hydrogens (tertiary/aromatic N) is 1. The normalized spacial score (nSPS) is 10.9. The molecule has 0 aliphatic heterocycles. The molecular formula is C17H19NO2S. The summed E-state index contributed by atoms with van der Waals surface area (Å²) in [6, 6.07) is 20.7. The van der Waals surface area contributed by atoms with Crippen molar-refractivity contribution in [1.82, 2.24) is 4.31 Å². The average molecular weight is 301 g/mol. The Morgan fingerprint density at radius 3 is 1.95 bits per heavy atom. The summed E-state index contributed by atoms with van der Waals surface area (Å²) in [7, 11) is 3.41. The highest BCUT2D eigenvalue weighted by molar-refractivity contribution is 7.97. The first kappa shape index (κ1) is 15.6. The molecule has 0 bridgehead atoms. The van der Waals surface area contributed by atoms with E-state index >= 15 is 0 Å². The maximum atomic E-state index is 11.3. The first-order valence-corrected chi connectivity index (χ1v) is 7.69. The molecule has 0 fully saturated rings. The van der Waals surface area contributed by atoms with Gasteiger partial charge in [-0.1, -0.05) is 72.6 Å². The number of carbonyl (C=O) groups excluding carboxylic acids is 1. The lowest BCUT2D eigenvalue weighted by atomic mass is 9.99. The van der Waals surface area contributed by atoms with E-state index in [-0.39, 0.29) is 12.0 Å². The fraction of sp³-hybridized carbons (Fsp3) is 0.235. The second-order valence-corrected chi connectivity index (χ2v) is 5.74. The minimum atomic E-state index is -0.216. The molecule has 0 aromatic heterocycles. The van der Waals surface area contributed by atoms with Crippen molar-refractivity contribution in [1.29, 1.82) is 0 Å². The third-order valence-electron chi connectivity index (χ3n) is 3.21. The van der Waals surface area contributed by atoms with E-state index in [9.17, 15) is 4.79 Å². The van der Waals surface area contributed by atoms with Crippen LogP contribution < -0.4 is 0 Å². The van der Waals surface area contributed by atoms with Gasteiger partial charge in [-0.2, -0.15) is 0 Å². The highest BCUT2D eigenvalue weighted by atomic mass is 32.2. The predicted octanol–water partition coefficient (Wildman–Crippen LogP) is 3.53. The Morgan fingerprint density at radius 1 is 1.05 bits per heavy atom. The van der Waals surface area contributed by atoms with E-state index < -0.39 is 0 Å². The minimum Gasteiger partial charge on any atom is -0.468 e. The molecule has 0 radical (unpaired) electrons. The van der Waals surface area contributed by atoms with E-state index in [1.54, 1.807) is 0 Å². The van der Waals surface area contributed by atoms with Crippen molar-refractivity contribution in [2.75, 3.05) is 19.9 Å². The Hall–Kier alpha value is -1.78. The molecule has 110 valence electrons. The molecule has 4 heteroatoms. The van der Waals surface area contributed by atoms with Gasteiger partial charge in [-0.25, -0.2) is 4.31 Å². The van der Waals surface area contributed by atoms with E-state index in [0.717, 1.165) is 0 Å². The van der Waals surface area contributed by atoms with Gasteiger partial charge in [-0.05, 0) is 18.2 Å². The van der Waals surface area contributed by atoms with Crippen LogP contribution in [0.3, 0.4) is 0 Å². The maximum absolute atomic E-state index is 11.3. The predicted molar refractivity (Wildman–Crippen MR) is 87.0 cm³/mol. The van der Waals surface area contributed by atoms with Crippen molar-refractivity contribution in [3.05, 3.63) is 71.8 Å². The first-order chi connectivity index (χ1) is 10.2. The summed E-state index contributed by atoms with van der Waals surface area (Å²) in [6.07, 6.45) is 0. The molecule has 0 heterocycles. The summed E-state index contributed by atoms with van der Waals surface area (Å²) in [5.41, 5.74) is 2.40. The number of esters is 1. The lowest BCUT2D eigenvalue weighted by molar-refractivity contribution is -0.137. The SMILES string of the molecule is COC(=O)CSN(C)C(c1ccccc1)c1ccccc1. The molecular weight excluding hydrogens is 282 g/mol. The lowest BCUT2D eigenvalue weighted by Gasteiger charge is -2.27. The number of rotatable bonds is 6. The fourth-order valence-electron chi connectivity index (χ4n) is 2.17. The van der Waals surface area contributed by atoms with Gasteiger partial charge in [0.2, 0.25) is 0 Å². The third-order valence-corrected chi connectivity index (χ3v) is 4.19. The molecule has 2 rings (SSSR count). The Bertz CT molecular complexity index is 520. The van der Waals surface area contributed by atoms with Gasteiger partial charge in [-0.15, -0.1) is 0 Å². The first-order valence-electron chi connectivity index (χ1n) is 6.75. The molecule has 0 aliphatic carbocycles. The standard InChI is InChI=1S/C17H19NO2S/c1-18(21-13-16(19)20-2)17(14-9-5-3-6-10-14)15-11-7-4-8-12-15/h3-12,17H,13H2,1-2H3. The molecule has 0 N–H and O–H groups in total. The second-order valence-electron chi connectivity index (χ2n) is 4.62. The Morgan fingerprint density at radius 2 is 1.52 bits per heavy atom. The largest absolute Gasteiger partial charge is 0.468 e. The summed E-state index contributed by atoms with van der Waals surface area (Å²) in [5, 5.41) is 0. The van der Waals surface area contributed by atoms with E-state index in [1.165, 1.54) is 30.2 Å². The molecule has 21 heavy (non-hydrogen) atoms. The van der Waals surface area contributed by atoms with E-state index in [4.69, 9.17) is 4.74 Å². The molecule has 0 atom stereocenters. The van der Waals surface area contributed by atoms with Gasteiger partial charge in [0.05, 0.1) is 13.2 Å². The Balaban J connectivity index is 2.22.